The van der Waals surface area contributed by atoms with E-state index < -0.39 is 0 Å². The molecule has 18 heavy (non-hydrogen) atoms. The van der Waals surface area contributed by atoms with Crippen molar-refractivity contribution in [2.75, 3.05) is 26.2 Å². The number of ether oxygens (including phenoxy) is 1. The fourth-order valence-electron chi connectivity index (χ4n) is 2.67. The van der Waals surface area contributed by atoms with Crippen molar-refractivity contribution in [1.29, 1.82) is 0 Å². The van der Waals surface area contributed by atoms with Crippen molar-refractivity contribution in [3.05, 3.63) is 30.3 Å². The first-order valence-corrected chi connectivity index (χ1v) is 6.91. The quantitative estimate of drug-likeness (QED) is 0.784. The first kappa shape index (κ1) is 13.4. The zero-order valence-corrected chi connectivity index (χ0v) is 11.2. The molecular weight excluding hydrogens is 224 g/mol. The smallest absolute Gasteiger partial charge is 0.119 e. The predicted octanol–water partition coefficient (Wildman–Crippen LogP) is 2.12. The van der Waals surface area contributed by atoms with Crippen LogP contribution < -0.4 is 10.5 Å². The maximum Gasteiger partial charge on any atom is 0.119 e. The van der Waals surface area contributed by atoms with Crippen LogP contribution in [-0.4, -0.2) is 37.2 Å². The molecule has 2 rings (SSSR count). The van der Waals surface area contributed by atoms with E-state index in [0.717, 1.165) is 38.4 Å². The fraction of sp³-hybridized carbons (Fsp3) is 0.600. The predicted molar refractivity (Wildman–Crippen MR) is 74.8 cm³/mol. The molecular formula is C15H24N2O. The van der Waals surface area contributed by atoms with Crippen LogP contribution in [0.25, 0.3) is 0 Å². The minimum atomic E-state index is 0.676. The van der Waals surface area contributed by atoms with Gasteiger partial charge < -0.3 is 15.4 Å². The van der Waals surface area contributed by atoms with Crippen LogP contribution in [0.15, 0.2) is 30.3 Å². The van der Waals surface area contributed by atoms with Crippen LogP contribution in [0.3, 0.4) is 0 Å². The second-order valence-corrected chi connectivity index (χ2v) is 5.20. The van der Waals surface area contributed by atoms with Crippen molar-refractivity contribution >= 4 is 0 Å². The Labute approximate surface area is 110 Å². The molecule has 3 heteroatoms. The van der Waals surface area contributed by atoms with Crippen LogP contribution in [0.4, 0.5) is 0 Å². The van der Waals surface area contributed by atoms with Gasteiger partial charge in [0, 0.05) is 19.1 Å². The number of hydrogen-bond donors (Lipinski definition) is 1. The van der Waals surface area contributed by atoms with Gasteiger partial charge in [-0.15, -0.1) is 0 Å². The SMILES string of the molecule is CC1CC(CN)CN1CCCOc1ccccc1. The summed E-state index contributed by atoms with van der Waals surface area (Å²) in [7, 11) is 0. The third kappa shape index (κ3) is 3.72. The lowest BCUT2D eigenvalue weighted by Gasteiger charge is -2.20. The van der Waals surface area contributed by atoms with Gasteiger partial charge >= 0.3 is 0 Å². The average Bonchev–Trinajstić information content (AvgIpc) is 2.77. The van der Waals surface area contributed by atoms with Crippen LogP contribution in [0.2, 0.25) is 0 Å². The molecule has 0 saturated carbocycles. The van der Waals surface area contributed by atoms with Crippen LogP contribution >= 0.6 is 0 Å². The summed E-state index contributed by atoms with van der Waals surface area (Å²) < 4.78 is 5.70. The van der Waals surface area contributed by atoms with E-state index in [2.05, 4.69) is 11.8 Å². The summed E-state index contributed by atoms with van der Waals surface area (Å²) in [5.74, 6) is 1.65. The van der Waals surface area contributed by atoms with E-state index >= 15 is 0 Å². The topological polar surface area (TPSA) is 38.5 Å². The summed E-state index contributed by atoms with van der Waals surface area (Å²) >= 11 is 0. The summed E-state index contributed by atoms with van der Waals surface area (Å²) in [6.07, 6.45) is 2.33. The summed E-state index contributed by atoms with van der Waals surface area (Å²) in [5, 5.41) is 0. The molecule has 1 saturated heterocycles. The van der Waals surface area contributed by atoms with Gasteiger partial charge in [0.2, 0.25) is 0 Å². The monoisotopic (exact) mass is 248 g/mol. The molecule has 3 nitrogen and oxygen atoms in total. The van der Waals surface area contributed by atoms with Gasteiger partial charge in [-0.2, -0.15) is 0 Å². The fourth-order valence-corrected chi connectivity index (χ4v) is 2.67. The molecule has 0 amide bonds. The Morgan fingerprint density at radius 1 is 1.33 bits per heavy atom. The lowest BCUT2D eigenvalue weighted by atomic mass is 10.1. The molecule has 1 aromatic rings. The van der Waals surface area contributed by atoms with Crippen LogP contribution in [-0.2, 0) is 0 Å². The van der Waals surface area contributed by atoms with Gasteiger partial charge in [-0.25, -0.2) is 0 Å². The van der Waals surface area contributed by atoms with Crippen molar-refractivity contribution in [3.8, 4) is 5.75 Å². The van der Waals surface area contributed by atoms with E-state index in [0.29, 0.717) is 12.0 Å². The van der Waals surface area contributed by atoms with E-state index in [4.69, 9.17) is 10.5 Å². The van der Waals surface area contributed by atoms with Crippen LogP contribution in [0, 0.1) is 5.92 Å². The zero-order chi connectivity index (χ0) is 12.8. The first-order valence-electron chi connectivity index (χ1n) is 6.91. The number of likely N-dealkylation sites (tertiary alicyclic amines) is 1. The van der Waals surface area contributed by atoms with Gasteiger partial charge in [0.05, 0.1) is 6.61 Å². The van der Waals surface area contributed by atoms with E-state index in [1.165, 1.54) is 6.42 Å². The van der Waals surface area contributed by atoms with Gasteiger partial charge in [0.25, 0.3) is 0 Å². The van der Waals surface area contributed by atoms with Gasteiger partial charge in [-0.05, 0) is 44.4 Å². The minimum Gasteiger partial charge on any atom is -0.494 e. The van der Waals surface area contributed by atoms with Gasteiger partial charge in [-0.1, -0.05) is 18.2 Å². The molecule has 0 spiro atoms. The van der Waals surface area contributed by atoms with E-state index in [9.17, 15) is 0 Å². The Hall–Kier alpha value is -1.06. The second kappa shape index (κ2) is 6.76. The molecule has 0 aromatic heterocycles. The lowest BCUT2D eigenvalue weighted by molar-refractivity contribution is 0.227. The number of nitrogens with two attached hydrogens (primary N) is 1. The molecule has 1 aliphatic rings. The minimum absolute atomic E-state index is 0.676. The molecule has 0 radical (unpaired) electrons. The Kier molecular flexibility index (Phi) is 5.02. The Morgan fingerprint density at radius 2 is 2.11 bits per heavy atom. The Morgan fingerprint density at radius 3 is 2.78 bits per heavy atom. The highest BCUT2D eigenvalue weighted by molar-refractivity contribution is 5.20. The Bertz CT molecular complexity index is 342. The van der Waals surface area contributed by atoms with Crippen LogP contribution in [0.5, 0.6) is 5.75 Å². The molecule has 0 aliphatic carbocycles. The number of benzene rings is 1. The van der Waals surface area contributed by atoms with Crippen molar-refractivity contribution in [2.45, 2.75) is 25.8 Å². The largest absolute Gasteiger partial charge is 0.494 e. The van der Waals surface area contributed by atoms with Crippen molar-refractivity contribution in [3.63, 3.8) is 0 Å². The zero-order valence-electron chi connectivity index (χ0n) is 11.2. The molecule has 2 unspecified atom stereocenters. The lowest BCUT2D eigenvalue weighted by Crippen LogP contribution is -2.29. The summed E-state index contributed by atoms with van der Waals surface area (Å²) in [5.41, 5.74) is 5.74. The highest BCUT2D eigenvalue weighted by Crippen LogP contribution is 2.22. The maximum absolute atomic E-state index is 5.74. The average molecular weight is 248 g/mol. The third-order valence-electron chi connectivity index (χ3n) is 3.73. The normalized spacial score (nSPS) is 24.3. The van der Waals surface area contributed by atoms with Crippen molar-refractivity contribution < 1.29 is 4.74 Å². The molecule has 100 valence electrons. The molecule has 1 fully saturated rings. The summed E-state index contributed by atoms with van der Waals surface area (Å²) in [4.78, 5) is 2.53. The number of nitrogens with zero attached hydrogens (tertiary/aromatic N) is 1. The standard InChI is InChI=1S/C15H24N2O/c1-13-10-14(11-16)12-17(13)8-5-9-18-15-6-3-2-4-7-15/h2-4,6-7,13-14H,5,8-12,16H2,1H3. The van der Waals surface area contributed by atoms with E-state index in [-0.39, 0.29) is 0 Å². The highest BCUT2D eigenvalue weighted by Gasteiger charge is 2.27. The molecule has 2 atom stereocenters. The number of rotatable bonds is 6. The Balaban J connectivity index is 1.64. The molecule has 1 aromatic carbocycles. The molecule has 2 N–H and O–H groups in total. The van der Waals surface area contributed by atoms with Gasteiger partial charge in [-0.3, -0.25) is 0 Å². The van der Waals surface area contributed by atoms with E-state index in [1.807, 2.05) is 30.3 Å². The van der Waals surface area contributed by atoms with Crippen molar-refractivity contribution in [2.24, 2.45) is 11.7 Å². The summed E-state index contributed by atoms with van der Waals surface area (Å²) in [6, 6.07) is 10.7. The number of hydrogen-bond acceptors (Lipinski definition) is 3. The highest BCUT2D eigenvalue weighted by atomic mass is 16.5. The first-order chi connectivity index (χ1) is 8.79. The maximum atomic E-state index is 5.74. The van der Waals surface area contributed by atoms with Gasteiger partial charge in [0.15, 0.2) is 0 Å². The van der Waals surface area contributed by atoms with Gasteiger partial charge in [0.1, 0.15) is 5.75 Å². The van der Waals surface area contributed by atoms with Crippen molar-refractivity contribution in [1.82, 2.24) is 4.90 Å². The van der Waals surface area contributed by atoms with Crippen LogP contribution in [0.1, 0.15) is 19.8 Å². The third-order valence-corrected chi connectivity index (χ3v) is 3.73. The molecule has 1 aliphatic heterocycles. The molecule has 0 bridgehead atoms. The molecule has 1 heterocycles. The number of para-hydroxylation sites is 1. The summed E-state index contributed by atoms with van der Waals surface area (Å²) in [6.45, 7) is 6.18. The second-order valence-electron chi connectivity index (χ2n) is 5.20. The van der Waals surface area contributed by atoms with E-state index in [1.54, 1.807) is 0 Å².